The number of benzene rings is 2. The first-order valence-corrected chi connectivity index (χ1v) is 12.3. The Morgan fingerprint density at radius 1 is 1.09 bits per heavy atom. The van der Waals surface area contributed by atoms with E-state index in [2.05, 4.69) is 12.1 Å². The summed E-state index contributed by atoms with van der Waals surface area (Å²) in [6, 6.07) is 18.8. The van der Waals surface area contributed by atoms with Gasteiger partial charge in [-0.2, -0.15) is 0 Å². The van der Waals surface area contributed by atoms with Gasteiger partial charge in [0.2, 0.25) is 0 Å². The number of ether oxygens (including phenoxy) is 1. The number of nitrogens with zero attached hydrogens (tertiary/aromatic N) is 1. The van der Waals surface area contributed by atoms with Gasteiger partial charge >= 0.3 is 11.6 Å². The van der Waals surface area contributed by atoms with E-state index in [1.54, 1.807) is 11.3 Å². The molecule has 0 radical (unpaired) electrons. The van der Waals surface area contributed by atoms with Crippen molar-refractivity contribution in [3.05, 3.63) is 109 Å². The number of carbonyl (C=O) groups is 1. The predicted octanol–water partition coefficient (Wildman–Crippen LogP) is 6.55. The number of para-hydroxylation sites is 1. The number of allylic oxidation sites excluding steroid dienone is 1. The van der Waals surface area contributed by atoms with E-state index >= 15 is 0 Å². The van der Waals surface area contributed by atoms with E-state index in [9.17, 15) is 9.59 Å². The SMILES string of the molecule is Cc1ccc2c(COC(=O)c3c4c(nc5ccccc35)C(=Cc3cccs3)CC4)cc(=O)oc2c1. The zero-order valence-corrected chi connectivity index (χ0v) is 19.9. The van der Waals surface area contributed by atoms with Gasteiger partial charge in [-0.25, -0.2) is 14.6 Å². The molecule has 0 spiro atoms. The quantitative estimate of drug-likeness (QED) is 0.216. The lowest BCUT2D eigenvalue weighted by atomic mass is 10.0. The molecular formula is C29H21NO4S. The van der Waals surface area contributed by atoms with Gasteiger partial charge in [0.15, 0.2) is 0 Å². The number of hydrogen-bond donors (Lipinski definition) is 0. The number of esters is 1. The van der Waals surface area contributed by atoms with Crippen LogP contribution >= 0.6 is 11.3 Å². The first kappa shape index (κ1) is 21.5. The zero-order chi connectivity index (χ0) is 23.9. The molecule has 3 aromatic heterocycles. The molecule has 0 bridgehead atoms. The third-order valence-corrected chi connectivity index (χ3v) is 7.17. The smallest absolute Gasteiger partial charge is 0.339 e. The van der Waals surface area contributed by atoms with Crippen LogP contribution in [0.4, 0.5) is 0 Å². The second-order valence-electron chi connectivity index (χ2n) is 8.68. The van der Waals surface area contributed by atoms with Crippen LogP contribution in [0.2, 0.25) is 0 Å². The molecular weight excluding hydrogens is 458 g/mol. The van der Waals surface area contributed by atoms with Crippen molar-refractivity contribution in [1.29, 1.82) is 0 Å². The van der Waals surface area contributed by atoms with Crippen molar-refractivity contribution in [2.24, 2.45) is 0 Å². The minimum absolute atomic E-state index is 0.0205. The third kappa shape index (κ3) is 3.96. The minimum atomic E-state index is -0.465. The highest BCUT2D eigenvalue weighted by Crippen LogP contribution is 2.38. The van der Waals surface area contributed by atoms with Crippen molar-refractivity contribution in [3.8, 4) is 0 Å². The van der Waals surface area contributed by atoms with Gasteiger partial charge in [0.05, 0.1) is 16.8 Å². The molecule has 2 aromatic carbocycles. The van der Waals surface area contributed by atoms with E-state index in [1.165, 1.54) is 6.07 Å². The van der Waals surface area contributed by atoms with Gasteiger partial charge in [0.25, 0.3) is 0 Å². The summed E-state index contributed by atoms with van der Waals surface area (Å²) in [5.41, 5.74) is 5.87. The van der Waals surface area contributed by atoms with Crippen molar-refractivity contribution in [2.75, 3.05) is 0 Å². The van der Waals surface area contributed by atoms with E-state index < -0.39 is 11.6 Å². The van der Waals surface area contributed by atoms with Crippen LogP contribution in [0, 0.1) is 6.92 Å². The fraction of sp³-hybridized carbons (Fsp3) is 0.138. The molecule has 5 aromatic rings. The minimum Gasteiger partial charge on any atom is -0.457 e. The Balaban J connectivity index is 1.40. The highest BCUT2D eigenvalue weighted by molar-refractivity contribution is 7.10. The number of aryl methyl sites for hydroxylation is 1. The maximum absolute atomic E-state index is 13.5. The monoisotopic (exact) mass is 479 g/mol. The summed E-state index contributed by atoms with van der Waals surface area (Å²) < 4.78 is 11.2. The molecule has 0 N–H and O–H groups in total. The lowest BCUT2D eigenvalue weighted by Crippen LogP contribution is -2.11. The molecule has 0 fully saturated rings. The molecule has 6 rings (SSSR count). The van der Waals surface area contributed by atoms with Crippen LogP contribution in [0.15, 0.2) is 75.3 Å². The number of hydrogen-bond acceptors (Lipinski definition) is 6. The standard InChI is InChI=1S/C29H21NO4S/c1-17-8-10-21-19(15-26(31)34-25(21)13-17)16-33-29(32)27-22-6-2-3-7-24(22)30-28-18(9-11-23(27)28)14-20-5-4-12-35-20/h2-8,10,12-15H,9,11,16H2,1H3. The second kappa shape index (κ2) is 8.64. The van der Waals surface area contributed by atoms with Crippen LogP contribution in [0.3, 0.4) is 0 Å². The van der Waals surface area contributed by atoms with Crippen LogP contribution in [0.25, 0.3) is 33.5 Å². The number of rotatable bonds is 4. The second-order valence-corrected chi connectivity index (χ2v) is 9.66. The van der Waals surface area contributed by atoms with Crippen LogP contribution in [0.5, 0.6) is 0 Å². The molecule has 172 valence electrons. The molecule has 6 heteroatoms. The number of aromatic nitrogens is 1. The van der Waals surface area contributed by atoms with Crippen LogP contribution < -0.4 is 5.63 Å². The first-order valence-electron chi connectivity index (χ1n) is 11.4. The largest absolute Gasteiger partial charge is 0.457 e. The van der Waals surface area contributed by atoms with Crippen molar-refractivity contribution in [3.63, 3.8) is 0 Å². The van der Waals surface area contributed by atoms with Crippen molar-refractivity contribution in [1.82, 2.24) is 4.98 Å². The summed E-state index contributed by atoms with van der Waals surface area (Å²) in [6.45, 7) is 1.91. The summed E-state index contributed by atoms with van der Waals surface area (Å²) in [5.74, 6) is -0.411. The average molecular weight is 480 g/mol. The number of pyridine rings is 1. The van der Waals surface area contributed by atoms with Crippen LogP contribution in [-0.2, 0) is 17.8 Å². The molecule has 3 heterocycles. The van der Waals surface area contributed by atoms with Crippen molar-refractivity contribution < 1.29 is 13.9 Å². The van der Waals surface area contributed by atoms with Gasteiger partial charge in [-0.15, -0.1) is 11.3 Å². The molecule has 0 saturated heterocycles. The fourth-order valence-electron chi connectivity index (χ4n) is 4.73. The molecule has 0 unspecified atom stereocenters. The normalized spacial score (nSPS) is 14.0. The van der Waals surface area contributed by atoms with Crippen molar-refractivity contribution >= 4 is 50.8 Å². The fourth-order valence-corrected chi connectivity index (χ4v) is 5.41. The van der Waals surface area contributed by atoms with Gasteiger partial charge in [-0.1, -0.05) is 36.4 Å². The Bertz CT molecular complexity index is 1700. The molecule has 5 nitrogen and oxygen atoms in total. The van der Waals surface area contributed by atoms with Gasteiger partial charge in [-0.05, 0) is 66.1 Å². The molecule has 0 atom stereocenters. The van der Waals surface area contributed by atoms with Gasteiger partial charge in [0, 0.05) is 27.3 Å². The van der Waals surface area contributed by atoms with E-state index in [0.29, 0.717) is 16.7 Å². The van der Waals surface area contributed by atoms with Gasteiger partial charge in [0.1, 0.15) is 12.2 Å². The molecule has 35 heavy (non-hydrogen) atoms. The average Bonchev–Trinajstić information content (AvgIpc) is 3.51. The Labute approximate surface area is 205 Å². The molecule has 0 saturated carbocycles. The highest BCUT2D eigenvalue weighted by Gasteiger charge is 2.27. The van der Waals surface area contributed by atoms with E-state index in [1.807, 2.05) is 60.8 Å². The Morgan fingerprint density at radius 2 is 1.97 bits per heavy atom. The summed E-state index contributed by atoms with van der Waals surface area (Å²) >= 11 is 1.68. The summed E-state index contributed by atoms with van der Waals surface area (Å²) in [5, 5.41) is 3.59. The van der Waals surface area contributed by atoms with Crippen molar-refractivity contribution in [2.45, 2.75) is 26.4 Å². The topological polar surface area (TPSA) is 69.4 Å². The maximum Gasteiger partial charge on any atom is 0.339 e. The summed E-state index contributed by atoms with van der Waals surface area (Å²) in [7, 11) is 0. The maximum atomic E-state index is 13.5. The molecule has 0 aliphatic heterocycles. The van der Waals surface area contributed by atoms with Crippen LogP contribution in [0.1, 0.15) is 44.0 Å². The van der Waals surface area contributed by atoms with E-state index in [4.69, 9.17) is 14.1 Å². The van der Waals surface area contributed by atoms with Gasteiger partial charge < -0.3 is 9.15 Å². The van der Waals surface area contributed by atoms with Crippen LogP contribution in [-0.4, -0.2) is 11.0 Å². The molecule has 0 amide bonds. The van der Waals surface area contributed by atoms with E-state index in [0.717, 1.165) is 56.4 Å². The number of thiophene rings is 1. The summed E-state index contributed by atoms with van der Waals surface area (Å²) in [4.78, 5) is 31.7. The number of carbonyl (C=O) groups excluding carboxylic acids is 1. The van der Waals surface area contributed by atoms with Gasteiger partial charge in [-0.3, -0.25) is 0 Å². The Morgan fingerprint density at radius 3 is 2.83 bits per heavy atom. The Kier molecular flexibility index (Phi) is 5.30. The summed E-state index contributed by atoms with van der Waals surface area (Å²) in [6.07, 6.45) is 3.71. The van der Waals surface area contributed by atoms with E-state index in [-0.39, 0.29) is 6.61 Å². The first-order chi connectivity index (χ1) is 17.1. The number of fused-ring (bicyclic) bond motifs is 3. The molecule has 1 aliphatic carbocycles. The lowest BCUT2D eigenvalue weighted by molar-refractivity contribution is 0.0475. The Hall–Kier alpha value is -4.03. The zero-order valence-electron chi connectivity index (χ0n) is 19.0. The highest BCUT2D eigenvalue weighted by atomic mass is 32.1. The molecule has 1 aliphatic rings. The third-order valence-electron chi connectivity index (χ3n) is 6.35. The lowest BCUT2D eigenvalue weighted by Gasteiger charge is -2.13. The predicted molar refractivity (Wildman–Crippen MR) is 139 cm³/mol.